The van der Waals surface area contributed by atoms with E-state index in [2.05, 4.69) is 5.32 Å². The Labute approximate surface area is 190 Å². The fourth-order valence-corrected chi connectivity index (χ4v) is 4.03. The molecule has 174 valence electrons. The van der Waals surface area contributed by atoms with Gasteiger partial charge in [-0.2, -0.15) is 0 Å². The Kier molecular flexibility index (Phi) is 7.03. The van der Waals surface area contributed by atoms with Crippen LogP contribution in [0.3, 0.4) is 0 Å². The van der Waals surface area contributed by atoms with Crippen LogP contribution < -0.4 is 15.6 Å². The first kappa shape index (κ1) is 22.9. The van der Waals surface area contributed by atoms with E-state index in [9.17, 15) is 14.0 Å². The van der Waals surface area contributed by atoms with Gasteiger partial charge in [-0.15, -0.1) is 0 Å². The number of hydrogen-bond acceptors (Lipinski definition) is 4. The molecule has 0 unspecified atom stereocenters. The lowest BCUT2D eigenvalue weighted by atomic mass is 10.1. The molecule has 0 atom stereocenters. The fourth-order valence-electron chi connectivity index (χ4n) is 4.03. The van der Waals surface area contributed by atoms with Crippen molar-refractivity contribution < 1.29 is 18.3 Å². The number of unbranched alkanes of at least 4 members (excludes halogenated alkanes) is 1. The normalized spacial score (nSPS) is 14.0. The summed E-state index contributed by atoms with van der Waals surface area (Å²) in [5.74, 6) is -1.56. The number of nitrogens with one attached hydrogen (secondary N) is 1. The minimum atomic E-state index is -0.618. The number of fused-ring (bicyclic) bond motifs is 1. The van der Waals surface area contributed by atoms with Crippen molar-refractivity contribution in [3.63, 3.8) is 0 Å². The molecule has 8 heteroatoms. The number of hydrogen-bond donors (Lipinski definition) is 1. The quantitative estimate of drug-likeness (QED) is 0.588. The van der Waals surface area contributed by atoms with Crippen LogP contribution in [-0.4, -0.2) is 36.8 Å². The van der Waals surface area contributed by atoms with Crippen LogP contribution in [0.1, 0.15) is 35.7 Å². The third-order valence-corrected chi connectivity index (χ3v) is 5.89. The molecule has 1 fully saturated rings. The number of carbonyl (C=O) groups excluding carboxylic acids is 1. The van der Waals surface area contributed by atoms with Crippen molar-refractivity contribution in [2.45, 2.75) is 32.9 Å². The number of amides is 1. The summed E-state index contributed by atoms with van der Waals surface area (Å²) in [4.78, 5) is 27.9. The highest BCUT2D eigenvalue weighted by Gasteiger charge is 2.21. The number of pyridine rings is 1. The van der Waals surface area contributed by atoms with Gasteiger partial charge in [0.1, 0.15) is 17.2 Å². The third kappa shape index (κ3) is 4.90. The summed E-state index contributed by atoms with van der Waals surface area (Å²) < 4.78 is 36.1. The molecule has 0 spiro atoms. The van der Waals surface area contributed by atoms with Crippen LogP contribution >= 0.6 is 0 Å². The Hall–Kier alpha value is -3.26. The molecule has 33 heavy (non-hydrogen) atoms. The van der Waals surface area contributed by atoms with E-state index in [1.807, 2.05) is 16.4 Å². The topological polar surface area (TPSA) is 63.6 Å². The van der Waals surface area contributed by atoms with Crippen LogP contribution in [0.2, 0.25) is 0 Å². The van der Waals surface area contributed by atoms with Gasteiger partial charge in [-0.25, -0.2) is 8.78 Å². The van der Waals surface area contributed by atoms with E-state index in [0.29, 0.717) is 49.6 Å². The van der Waals surface area contributed by atoms with Crippen LogP contribution in [0.15, 0.2) is 47.4 Å². The second-order valence-corrected chi connectivity index (χ2v) is 8.11. The summed E-state index contributed by atoms with van der Waals surface area (Å²) >= 11 is 0. The SMILES string of the molecule is CCCCn1cc(C(=O)NCc2ccccc2F)c(=O)c2cc(F)c(N3CCOCC3)cc21. The minimum absolute atomic E-state index is 0.0533. The molecule has 1 N–H and O–H groups in total. The highest BCUT2D eigenvalue weighted by Crippen LogP contribution is 2.26. The average Bonchev–Trinajstić information content (AvgIpc) is 2.83. The van der Waals surface area contributed by atoms with Gasteiger partial charge < -0.3 is 19.5 Å². The van der Waals surface area contributed by atoms with Gasteiger partial charge in [0, 0.05) is 43.3 Å². The monoisotopic (exact) mass is 455 g/mol. The maximum Gasteiger partial charge on any atom is 0.257 e. The lowest BCUT2D eigenvalue weighted by Gasteiger charge is -2.29. The van der Waals surface area contributed by atoms with Gasteiger partial charge in [-0.3, -0.25) is 9.59 Å². The number of rotatable bonds is 7. The summed E-state index contributed by atoms with van der Waals surface area (Å²) in [7, 11) is 0. The molecule has 0 bridgehead atoms. The second kappa shape index (κ2) is 10.1. The molecule has 1 amide bonds. The molecule has 6 nitrogen and oxygen atoms in total. The summed E-state index contributed by atoms with van der Waals surface area (Å²) in [5, 5.41) is 2.77. The van der Waals surface area contributed by atoms with E-state index in [4.69, 9.17) is 4.74 Å². The van der Waals surface area contributed by atoms with Crippen molar-refractivity contribution >= 4 is 22.5 Å². The number of morpholine rings is 1. The van der Waals surface area contributed by atoms with Crippen molar-refractivity contribution in [1.29, 1.82) is 0 Å². The van der Waals surface area contributed by atoms with E-state index in [1.165, 1.54) is 18.3 Å². The van der Waals surface area contributed by atoms with Crippen molar-refractivity contribution in [2.24, 2.45) is 0 Å². The Bertz CT molecular complexity index is 1220. The predicted octanol–water partition coefficient (Wildman–Crippen LogP) is 3.85. The number of carbonyl (C=O) groups is 1. The smallest absolute Gasteiger partial charge is 0.257 e. The van der Waals surface area contributed by atoms with E-state index in [1.54, 1.807) is 24.3 Å². The Morgan fingerprint density at radius 2 is 1.88 bits per heavy atom. The molecule has 3 aromatic rings. The number of benzene rings is 2. The Morgan fingerprint density at radius 3 is 2.61 bits per heavy atom. The number of ether oxygens (including phenoxy) is 1. The van der Waals surface area contributed by atoms with Crippen molar-refractivity contribution in [3.8, 4) is 0 Å². The van der Waals surface area contributed by atoms with Gasteiger partial charge in [-0.05, 0) is 24.6 Å². The minimum Gasteiger partial charge on any atom is -0.378 e. The van der Waals surface area contributed by atoms with Gasteiger partial charge in [0.05, 0.1) is 24.4 Å². The zero-order chi connectivity index (χ0) is 23.4. The molecule has 1 aromatic heterocycles. The molecule has 2 aromatic carbocycles. The number of halogens is 2. The lowest BCUT2D eigenvalue weighted by Crippen LogP contribution is -2.37. The third-order valence-electron chi connectivity index (χ3n) is 5.89. The molecule has 0 saturated carbocycles. The fraction of sp³-hybridized carbons (Fsp3) is 0.360. The largest absolute Gasteiger partial charge is 0.378 e. The van der Waals surface area contributed by atoms with Gasteiger partial charge in [-0.1, -0.05) is 31.5 Å². The zero-order valence-corrected chi connectivity index (χ0v) is 18.6. The van der Waals surface area contributed by atoms with Gasteiger partial charge in [0.2, 0.25) is 5.43 Å². The Balaban J connectivity index is 1.72. The predicted molar refractivity (Wildman–Crippen MR) is 124 cm³/mol. The van der Waals surface area contributed by atoms with Gasteiger partial charge in [0.25, 0.3) is 5.91 Å². The van der Waals surface area contributed by atoms with Crippen LogP contribution in [0.25, 0.3) is 10.9 Å². The number of nitrogens with zero attached hydrogens (tertiary/aromatic N) is 2. The standard InChI is InChI=1S/C25H27F2N3O3/c1-2-3-8-30-16-19(25(32)28-15-17-6-4-5-7-20(17)26)24(31)18-13-21(27)23(14-22(18)30)29-9-11-33-12-10-29/h4-7,13-14,16H,2-3,8-12,15H2,1H3,(H,28,32). The molecule has 1 aliphatic heterocycles. The molecule has 0 radical (unpaired) electrons. The van der Waals surface area contributed by atoms with Gasteiger partial charge in [0.15, 0.2) is 0 Å². The van der Waals surface area contributed by atoms with Crippen molar-refractivity contribution in [3.05, 3.63) is 75.6 Å². The van der Waals surface area contributed by atoms with E-state index in [-0.39, 0.29) is 17.5 Å². The van der Waals surface area contributed by atoms with Crippen LogP contribution in [-0.2, 0) is 17.8 Å². The first-order chi connectivity index (χ1) is 16.0. The highest BCUT2D eigenvalue weighted by molar-refractivity contribution is 5.97. The first-order valence-electron chi connectivity index (χ1n) is 11.2. The molecule has 2 heterocycles. The summed E-state index contributed by atoms with van der Waals surface area (Å²) in [6.07, 6.45) is 3.27. The van der Waals surface area contributed by atoms with Crippen LogP contribution in [0.4, 0.5) is 14.5 Å². The molecular weight excluding hydrogens is 428 g/mol. The molecule has 4 rings (SSSR count). The highest BCUT2D eigenvalue weighted by atomic mass is 19.1. The zero-order valence-electron chi connectivity index (χ0n) is 18.6. The van der Waals surface area contributed by atoms with Crippen LogP contribution in [0, 0.1) is 11.6 Å². The maximum absolute atomic E-state index is 15.0. The molecular formula is C25H27F2N3O3. The number of aryl methyl sites for hydroxylation is 1. The molecule has 1 aliphatic rings. The molecule has 0 aliphatic carbocycles. The van der Waals surface area contributed by atoms with Crippen molar-refractivity contribution in [1.82, 2.24) is 9.88 Å². The van der Waals surface area contributed by atoms with E-state index in [0.717, 1.165) is 12.8 Å². The summed E-state index contributed by atoms with van der Waals surface area (Å²) in [6.45, 7) is 4.74. The number of anilines is 1. The molecule has 1 saturated heterocycles. The second-order valence-electron chi connectivity index (χ2n) is 8.11. The van der Waals surface area contributed by atoms with E-state index < -0.39 is 23.0 Å². The summed E-state index contributed by atoms with van der Waals surface area (Å²) in [5.41, 5.74) is 0.693. The van der Waals surface area contributed by atoms with E-state index >= 15 is 4.39 Å². The van der Waals surface area contributed by atoms with Gasteiger partial charge >= 0.3 is 0 Å². The average molecular weight is 456 g/mol. The number of aromatic nitrogens is 1. The maximum atomic E-state index is 15.0. The summed E-state index contributed by atoms with van der Waals surface area (Å²) in [6, 6.07) is 9.03. The Morgan fingerprint density at radius 1 is 1.12 bits per heavy atom. The van der Waals surface area contributed by atoms with Crippen molar-refractivity contribution in [2.75, 3.05) is 31.2 Å². The lowest BCUT2D eigenvalue weighted by molar-refractivity contribution is 0.0949. The van der Waals surface area contributed by atoms with Crippen LogP contribution in [0.5, 0.6) is 0 Å². The first-order valence-corrected chi connectivity index (χ1v) is 11.2.